The fourth-order valence-corrected chi connectivity index (χ4v) is 3.09. The molecule has 0 saturated carbocycles. The molecular formula is C26H31N3O9. The lowest BCUT2D eigenvalue weighted by molar-refractivity contribution is -0.134. The van der Waals surface area contributed by atoms with Gasteiger partial charge in [-0.2, -0.15) is 0 Å². The van der Waals surface area contributed by atoms with Crippen LogP contribution in [0, 0.1) is 11.8 Å². The lowest BCUT2D eigenvalue weighted by Gasteiger charge is -2.13. The molecule has 0 heterocycles. The average molecular weight is 530 g/mol. The summed E-state index contributed by atoms with van der Waals surface area (Å²) in [5.41, 5.74) is -0.287. The van der Waals surface area contributed by atoms with Crippen LogP contribution in [0.2, 0.25) is 0 Å². The summed E-state index contributed by atoms with van der Waals surface area (Å²) in [6, 6.07) is 3.92. The van der Waals surface area contributed by atoms with Crippen molar-refractivity contribution in [3.63, 3.8) is 0 Å². The minimum atomic E-state index is -1.27. The van der Waals surface area contributed by atoms with Crippen molar-refractivity contribution in [3.8, 4) is 0 Å². The fourth-order valence-electron chi connectivity index (χ4n) is 3.09. The van der Waals surface area contributed by atoms with E-state index >= 15 is 0 Å². The minimum Gasteiger partial charge on any atom is -0.478 e. The Morgan fingerprint density at radius 3 is 1.18 bits per heavy atom. The molecule has 0 spiro atoms. The summed E-state index contributed by atoms with van der Waals surface area (Å²) in [5.74, 6) is -7.08. The molecule has 0 aliphatic rings. The van der Waals surface area contributed by atoms with E-state index in [4.69, 9.17) is 5.11 Å². The number of carbonyl (C=O) groups is 6. The van der Waals surface area contributed by atoms with Gasteiger partial charge in [-0.1, -0.05) is 34.6 Å². The van der Waals surface area contributed by atoms with Gasteiger partial charge < -0.3 is 31.3 Å². The van der Waals surface area contributed by atoms with Crippen molar-refractivity contribution in [2.24, 2.45) is 11.8 Å². The Balaban J connectivity index is 3.43. The molecule has 0 bridgehead atoms. The van der Waals surface area contributed by atoms with E-state index in [0.29, 0.717) is 0 Å². The molecule has 12 nitrogen and oxygen atoms in total. The van der Waals surface area contributed by atoms with E-state index < -0.39 is 47.5 Å². The van der Waals surface area contributed by atoms with Gasteiger partial charge in [-0.25, -0.2) is 14.4 Å². The van der Waals surface area contributed by atoms with E-state index in [1.54, 1.807) is 34.6 Å². The molecule has 0 unspecified atom stereocenters. The highest BCUT2D eigenvalue weighted by atomic mass is 16.4. The van der Waals surface area contributed by atoms with Crippen molar-refractivity contribution < 1.29 is 44.1 Å². The van der Waals surface area contributed by atoms with Crippen LogP contribution in [0.3, 0.4) is 0 Å². The summed E-state index contributed by atoms with van der Waals surface area (Å²) in [4.78, 5) is 71.3. The lowest BCUT2D eigenvalue weighted by Crippen LogP contribution is -2.17. The summed E-state index contributed by atoms with van der Waals surface area (Å²) in [6.45, 7) is 7.96. The Hall–Kier alpha value is -4.74. The molecule has 0 aliphatic carbocycles. The number of anilines is 3. The number of benzene rings is 1. The predicted octanol–water partition coefficient (Wildman–Crippen LogP) is 3.26. The molecule has 0 saturated heterocycles. The number of carbonyl (C=O) groups excluding carboxylic acids is 3. The number of carboxylic acids is 3. The van der Waals surface area contributed by atoms with Crippen LogP contribution in [0.5, 0.6) is 0 Å². The molecule has 0 radical (unpaired) electrons. The number of amides is 3. The van der Waals surface area contributed by atoms with Crippen LogP contribution < -0.4 is 16.0 Å². The van der Waals surface area contributed by atoms with Gasteiger partial charge >= 0.3 is 17.9 Å². The van der Waals surface area contributed by atoms with E-state index in [-0.39, 0.29) is 40.2 Å². The van der Waals surface area contributed by atoms with E-state index in [1.165, 1.54) is 18.2 Å². The standard InChI is InChI=1S/C26H31N3O9/c1-6-15(24(33)34)7-21(30)27-16-8-17(28-22(31)11-19(13(2)3)25(35)36)10-18(9-16)29-23(32)12-20(14(4)5)26(37)38/h7-14H,6H2,1-5H3,(H,27,30)(H,28,31)(H,29,32)(H,33,34)(H,35,36)(H,37,38)/b15-7-,19-11-,20-12-. The Bertz CT molecular complexity index is 1160. The smallest absolute Gasteiger partial charge is 0.332 e. The molecule has 0 fully saturated rings. The Labute approximate surface area is 219 Å². The summed E-state index contributed by atoms with van der Waals surface area (Å²) in [6.07, 6.45) is 2.79. The maximum Gasteiger partial charge on any atom is 0.332 e. The number of aliphatic carboxylic acids is 3. The third kappa shape index (κ3) is 10.1. The van der Waals surface area contributed by atoms with Gasteiger partial charge in [0.25, 0.3) is 0 Å². The van der Waals surface area contributed by atoms with Gasteiger partial charge in [0.15, 0.2) is 0 Å². The molecule has 1 aromatic carbocycles. The Morgan fingerprint density at radius 1 is 0.632 bits per heavy atom. The highest BCUT2D eigenvalue weighted by Crippen LogP contribution is 2.24. The van der Waals surface area contributed by atoms with Crippen molar-refractivity contribution >= 4 is 52.7 Å². The first-order chi connectivity index (χ1) is 17.6. The highest BCUT2D eigenvalue weighted by molar-refractivity contribution is 6.08. The van der Waals surface area contributed by atoms with Crippen LogP contribution in [0.25, 0.3) is 0 Å². The number of carboxylic acid groups (broad SMARTS) is 3. The fraction of sp³-hybridized carbons (Fsp3) is 0.308. The van der Waals surface area contributed by atoms with Crippen LogP contribution >= 0.6 is 0 Å². The molecule has 38 heavy (non-hydrogen) atoms. The molecule has 0 atom stereocenters. The second kappa shape index (κ2) is 14.1. The molecule has 3 amide bonds. The van der Waals surface area contributed by atoms with E-state index in [9.17, 15) is 39.0 Å². The Kier molecular flexibility index (Phi) is 11.6. The molecule has 12 heteroatoms. The predicted molar refractivity (Wildman–Crippen MR) is 139 cm³/mol. The SMILES string of the molecule is CC/C(=C/C(=O)Nc1cc(NC(=O)/C=C(\C(=O)O)C(C)C)cc(NC(=O)/C=C(\C(=O)O)C(C)C)c1)C(=O)O. The maximum absolute atomic E-state index is 12.5. The Morgan fingerprint density at radius 2 is 0.947 bits per heavy atom. The van der Waals surface area contributed by atoms with Gasteiger partial charge in [-0.15, -0.1) is 0 Å². The van der Waals surface area contributed by atoms with Crippen molar-refractivity contribution in [1.29, 1.82) is 0 Å². The van der Waals surface area contributed by atoms with Gasteiger partial charge in [0.05, 0.1) is 0 Å². The summed E-state index contributed by atoms with van der Waals surface area (Å²) in [5, 5.41) is 35.1. The first-order valence-corrected chi connectivity index (χ1v) is 11.6. The van der Waals surface area contributed by atoms with Crippen LogP contribution in [-0.2, 0) is 28.8 Å². The summed E-state index contributed by atoms with van der Waals surface area (Å²) >= 11 is 0. The third-order valence-electron chi connectivity index (χ3n) is 5.01. The summed E-state index contributed by atoms with van der Waals surface area (Å²) in [7, 11) is 0. The average Bonchev–Trinajstić information content (AvgIpc) is 2.78. The first-order valence-electron chi connectivity index (χ1n) is 11.6. The third-order valence-corrected chi connectivity index (χ3v) is 5.01. The van der Waals surface area contributed by atoms with Crippen LogP contribution in [-0.4, -0.2) is 50.9 Å². The largest absolute Gasteiger partial charge is 0.478 e. The highest BCUT2D eigenvalue weighted by Gasteiger charge is 2.16. The quantitative estimate of drug-likeness (QED) is 0.220. The van der Waals surface area contributed by atoms with Crippen LogP contribution in [0.1, 0.15) is 41.0 Å². The number of nitrogens with one attached hydrogen (secondary N) is 3. The van der Waals surface area contributed by atoms with Crippen LogP contribution in [0.4, 0.5) is 17.1 Å². The molecule has 1 aromatic rings. The molecule has 6 N–H and O–H groups in total. The molecule has 204 valence electrons. The van der Waals surface area contributed by atoms with E-state index in [0.717, 1.165) is 18.2 Å². The van der Waals surface area contributed by atoms with Gasteiger partial charge in [-0.3, -0.25) is 14.4 Å². The maximum atomic E-state index is 12.5. The van der Waals surface area contributed by atoms with Gasteiger partial charge in [0, 0.05) is 52.0 Å². The molecule has 0 aliphatic heterocycles. The van der Waals surface area contributed by atoms with Gasteiger partial charge in [0.1, 0.15) is 0 Å². The van der Waals surface area contributed by atoms with Crippen molar-refractivity contribution in [2.75, 3.05) is 16.0 Å². The molecule has 1 rings (SSSR count). The zero-order chi connectivity index (χ0) is 29.2. The van der Waals surface area contributed by atoms with Crippen molar-refractivity contribution in [3.05, 3.63) is 53.1 Å². The number of rotatable bonds is 12. The molecular weight excluding hydrogens is 498 g/mol. The van der Waals surface area contributed by atoms with E-state index in [2.05, 4.69) is 16.0 Å². The number of hydrogen-bond donors (Lipinski definition) is 6. The summed E-state index contributed by atoms with van der Waals surface area (Å²) < 4.78 is 0. The molecule has 0 aromatic heterocycles. The van der Waals surface area contributed by atoms with Gasteiger partial charge in [-0.05, 0) is 36.5 Å². The second-order valence-corrected chi connectivity index (χ2v) is 8.71. The lowest BCUT2D eigenvalue weighted by atomic mass is 10.0. The van der Waals surface area contributed by atoms with Crippen molar-refractivity contribution in [2.45, 2.75) is 41.0 Å². The minimum absolute atomic E-state index is 0.0528. The van der Waals surface area contributed by atoms with Crippen molar-refractivity contribution in [1.82, 2.24) is 0 Å². The van der Waals surface area contributed by atoms with Crippen LogP contribution in [0.15, 0.2) is 53.1 Å². The monoisotopic (exact) mass is 529 g/mol. The second-order valence-electron chi connectivity index (χ2n) is 8.71. The number of hydrogen-bond acceptors (Lipinski definition) is 6. The zero-order valence-corrected chi connectivity index (χ0v) is 21.6. The zero-order valence-electron chi connectivity index (χ0n) is 21.6. The van der Waals surface area contributed by atoms with Gasteiger partial charge in [0.2, 0.25) is 17.7 Å². The first kappa shape index (κ1) is 31.3. The normalized spacial score (nSPS) is 12.2. The topological polar surface area (TPSA) is 199 Å². The van der Waals surface area contributed by atoms with E-state index in [1.807, 2.05) is 0 Å².